The third kappa shape index (κ3) is 2.66. The van der Waals surface area contributed by atoms with Crippen LogP contribution in [0.15, 0.2) is 34.3 Å². The number of hydrogen-bond donors (Lipinski definition) is 2. The molecular formula is C12H12N6O4S. The largest absolute Gasteiger partial charge is 0.438 e. The molecular weight excluding hydrogens is 324 g/mol. The number of aromatic amines is 1. The highest BCUT2D eigenvalue weighted by molar-refractivity contribution is 7.88. The highest BCUT2D eigenvalue weighted by Crippen LogP contribution is 2.19. The van der Waals surface area contributed by atoms with E-state index in [1.807, 2.05) is 0 Å². The van der Waals surface area contributed by atoms with Crippen LogP contribution in [0.1, 0.15) is 10.6 Å². The monoisotopic (exact) mass is 336 g/mol. The maximum absolute atomic E-state index is 12.2. The summed E-state index contributed by atoms with van der Waals surface area (Å²) in [5, 5.41) is 2.20. The fraction of sp³-hybridized carbons (Fsp3) is 0.167. The van der Waals surface area contributed by atoms with Gasteiger partial charge < -0.3 is 14.7 Å². The number of imidazole rings is 1. The van der Waals surface area contributed by atoms with E-state index in [-0.39, 0.29) is 16.7 Å². The highest BCUT2D eigenvalue weighted by atomic mass is 32.2. The zero-order valence-electron chi connectivity index (χ0n) is 12.1. The minimum absolute atomic E-state index is 0.156. The van der Waals surface area contributed by atoms with Gasteiger partial charge in [-0.25, -0.2) is 27.7 Å². The van der Waals surface area contributed by atoms with E-state index in [0.29, 0.717) is 11.2 Å². The molecule has 23 heavy (non-hydrogen) atoms. The van der Waals surface area contributed by atoms with Crippen molar-refractivity contribution >= 4 is 32.9 Å². The van der Waals surface area contributed by atoms with Crippen LogP contribution in [-0.4, -0.2) is 52.7 Å². The van der Waals surface area contributed by atoms with E-state index < -0.39 is 15.9 Å². The second-order valence-corrected chi connectivity index (χ2v) is 6.77. The van der Waals surface area contributed by atoms with Crippen LogP contribution in [-0.2, 0) is 10.0 Å². The lowest BCUT2D eigenvalue weighted by molar-refractivity contribution is 0.0991. The number of hydrogen-bond acceptors (Lipinski definition) is 7. The summed E-state index contributed by atoms with van der Waals surface area (Å²) >= 11 is 0. The number of furan rings is 1. The first-order chi connectivity index (χ1) is 10.9. The van der Waals surface area contributed by atoms with Crippen molar-refractivity contribution < 1.29 is 17.6 Å². The number of H-pyrrole nitrogens is 1. The number of sulfonamides is 1. The summed E-state index contributed by atoms with van der Waals surface area (Å²) in [6.45, 7) is 0. The molecule has 0 aromatic carbocycles. The quantitative estimate of drug-likeness (QED) is 0.706. The normalized spacial score (nSPS) is 12.0. The van der Waals surface area contributed by atoms with Crippen molar-refractivity contribution in [1.82, 2.24) is 24.2 Å². The van der Waals surface area contributed by atoms with E-state index in [4.69, 9.17) is 4.42 Å². The molecule has 0 saturated heterocycles. The van der Waals surface area contributed by atoms with Crippen molar-refractivity contribution in [2.24, 2.45) is 0 Å². The Labute approximate surface area is 130 Å². The zero-order chi connectivity index (χ0) is 16.6. The van der Waals surface area contributed by atoms with Gasteiger partial charge in [0.1, 0.15) is 11.8 Å². The summed E-state index contributed by atoms with van der Waals surface area (Å²) in [7, 11) is -1.01. The van der Waals surface area contributed by atoms with Crippen LogP contribution in [0.3, 0.4) is 0 Å². The van der Waals surface area contributed by atoms with Crippen molar-refractivity contribution in [2.75, 3.05) is 19.4 Å². The molecule has 3 rings (SSSR count). The zero-order valence-corrected chi connectivity index (χ0v) is 13.0. The van der Waals surface area contributed by atoms with Crippen LogP contribution in [0.25, 0.3) is 11.2 Å². The Kier molecular flexibility index (Phi) is 3.58. The number of nitrogens with zero attached hydrogens (tertiary/aromatic N) is 4. The molecule has 10 nitrogen and oxygen atoms in total. The van der Waals surface area contributed by atoms with Gasteiger partial charge in [0.05, 0.1) is 6.33 Å². The van der Waals surface area contributed by atoms with Crippen LogP contribution >= 0.6 is 0 Å². The first-order valence-electron chi connectivity index (χ1n) is 6.37. The highest BCUT2D eigenvalue weighted by Gasteiger charge is 2.23. The average molecular weight is 336 g/mol. The molecule has 0 unspecified atom stereocenters. The number of amides is 1. The maximum Gasteiger partial charge on any atom is 0.292 e. The molecule has 1 amide bonds. The van der Waals surface area contributed by atoms with E-state index in [9.17, 15) is 13.2 Å². The van der Waals surface area contributed by atoms with Crippen LogP contribution < -0.4 is 5.32 Å². The molecule has 0 atom stereocenters. The predicted molar refractivity (Wildman–Crippen MR) is 79.2 cm³/mol. The Bertz CT molecular complexity index is 974. The molecule has 0 aliphatic rings. The van der Waals surface area contributed by atoms with Crippen molar-refractivity contribution in [3.05, 3.63) is 30.5 Å². The van der Waals surface area contributed by atoms with Gasteiger partial charge in [0.2, 0.25) is 5.09 Å². The SMILES string of the molecule is CN(C)S(=O)(=O)c1ccc(C(=O)Nc2ncnc3nc[nH]c23)o1. The number of nitrogens with one attached hydrogen (secondary N) is 2. The number of fused-ring (bicyclic) bond motifs is 1. The first kappa shape index (κ1) is 15.1. The molecule has 3 heterocycles. The molecule has 11 heteroatoms. The van der Waals surface area contributed by atoms with Gasteiger partial charge in [-0.1, -0.05) is 0 Å². The van der Waals surface area contributed by atoms with Gasteiger partial charge in [-0.3, -0.25) is 4.79 Å². The van der Waals surface area contributed by atoms with Crippen molar-refractivity contribution in [1.29, 1.82) is 0 Å². The predicted octanol–water partition coefficient (Wildman–Crippen LogP) is 0.448. The summed E-state index contributed by atoms with van der Waals surface area (Å²) in [5.74, 6) is -0.581. The molecule has 120 valence electrons. The minimum Gasteiger partial charge on any atom is -0.438 e. The fourth-order valence-corrected chi connectivity index (χ4v) is 2.58. The van der Waals surface area contributed by atoms with E-state index >= 15 is 0 Å². The number of anilines is 1. The van der Waals surface area contributed by atoms with Crippen molar-refractivity contribution in [3.63, 3.8) is 0 Å². The summed E-state index contributed by atoms with van der Waals surface area (Å²) in [6.07, 6.45) is 2.67. The third-order valence-electron chi connectivity index (χ3n) is 3.00. The molecule has 3 aromatic rings. The van der Waals surface area contributed by atoms with Gasteiger partial charge in [0.15, 0.2) is 17.2 Å². The van der Waals surface area contributed by atoms with Gasteiger partial charge in [-0.2, -0.15) is 0 Å². The molecule has 0 spiro atoms. The van der Waals surface area contributed by atoms with Gasteiger partial charge in [-0.15, -0.1) is 0 Å². The molecule has 0 fully saturated rings. The van der Waals surface area contributed by atoms with Crippen molar-refractivity contribution in [3.8, 4) is 0 Å². The Balaban J connectivity index is 1.88. The molecule has 0 radical (unpaired) electrons. The number of carbonyl (C=O) groups is 1. The Morgan fingerprint density at radius 3 is 2.78 bits per heavy atom. The summed E-state index contributed by atoms with van der Waals surface area (Å²) in [4.78, 5) is 26.8. The van der Waals surface area contributed by atoms with E-state index in [1.165, 1.54) is 38.9 Å². The second kappa shape index (κ2) is 5.44. The molecule has 0 aliphatic carbocycles. The standard InChI is InChI=1S/C12H12N6O4S/c1-18(2)23(20,21)8-4-3-7(22-8)12(19)17-11-9-10(14-5-13-9)15-6-16-11/h3-6H,1-2H3,(H2,13,14,15,16,17,19). The van der Waals surface area contributed by atoms with Crippen LogP contribution in [0, 0.1) is 0 Å². The number of carbonyl (C=O) groups excluding carboxylic acids is 1. The fourth-order valence-electron chi connectivity index (χ4n) is 1.79. The summed E-state index contributed by atoms with van der Waals surface area (Å²) in [6, 6.07) is 2.49. The lowest BCUT2D eigenvalue weighted by Crippen LogP contribution is -2.21. The molecule has 3 aromatic heterocycles. The van der Waals surface area contributed by atoms with E-state index in [2.05, 4.69) is 25.3 Å². The maximum atomic E-state index is 12.2. The van der Waals surface area contributed by atoms with Crippen LogP contribution in [0.2, 0.25) is 0 Å². The number of rotatable bonds is 4. The number of aromatic nitrogens is 4. The molecule has 0 saturated carbocycles. The van der Waals surface area contributed by atoms with Gasteiger partial charge in [0.25, 0.3) is 15.9 Å². The van der Waals surface area contributed by atoms with Crippen molar-refractivity contribution in [2.45, 2.75) is 5.09 Å². The molecule has 0 bridgehead atoms. The molecule has 2 N–H and O–H groups in total. The van der Waals surface area contributed by atoms with Gasteiger partial charge >= 0.3 is 0 Å². The van der Waals surface area contributed by atoms with Gasteiger partial charge in [-0.05, 0) is 12.1 Å². The third-order valence-corrected chi connectivity index (χ3v) is 4.68. The Morgan fingerprint density at radius 1 is 1.26 bits per heavy atom. The van der Waals surface area contributed by atoms with Gasteiger partial charge in [0, 0.05) is 14.1 Å². The van der Waals surface area contributed by atoms with E-state index in [1.54, 1.807) is 0 Å². The minimum atomic E-state index is -3.74. The smallest absolute Gasteiger partial charge is 0.292 e. The summed E-state index contributed by atoms with van der Waals surface area (Å²) < 4.78 is 30.0. The topological polar surface area (TPSA) is 134 Å². The average Bonchev–Trinajstić information content (AvgIpc) is 3.17. The Morgan fingerprint density at radius 2 is 2.04 bits per heavy atom. The Hall–Kier alpha value is -2.79. The van der Waals surface area contributed by atoms with Crippen LogP contribution in [0.5, 0.6) is 0 Å². The summed E-state index contributed by atoms with van der Waals surface area (Å²) in [5.41, 5.74) is 0.846. The second-order valence-electron chi connectivity index (χ2n) is 4.68. The lowest BCUT2D eigenvalue weighted by Gasteiger charge is -2.07. The first-order valence-corrected chi connectivity index (χ1v) is 7.81. The lowest BCUT2D eigenvalue weighted by atomic mass is 10.4. The van der Waals surface area contributed by atoms with E-state index in [0.717, 1.165) is 4.31 Å². The van der Waals surface area contributed by atoms with Crippen LogP contribution in [0.4, 0.5) is 5.82 Å². The molecule has 0 aliphatic heterocycles.